The van der Waals surface area contributed by atoms with Crippen molar-refractivity contribution >= 4 is 29.4 Å². The Morgan fingerprint density at radius 1 is 1.05 bits per heavy atom. The number of carbonyl (C=O) groups excluding carboxylic acids is 1. The summed E-state index contributed by atoms with van der Waals surface area (Å²) in [5.74, 6) is 0.812. The molecule has 7 heteroatoms. The summed E-state index contributed by atoms with van der Waals surface area (Å²) in [5.41, 5.74) is 7.21. The SMILES string of the molecule is COc1cc(C=Cc2cc(CNc3cccc(C(=O)Nc4ccc(C(C)C)c(C)c4)c3)[nH]n2)ccc1O. The van der Waals surface area contributed by atoms with E-state index in [2.05, 4.69) is 47.7 Å². The molecule has 0 atom stereocenters. The average Bonchev–Trinajstić information content (AvgIpc) is 3.35. The molecular formula is C30H32N4O3. The summed E-state index contributed by atoms with van der Waals surface area (Å²) in [6.45, 7) is 6.91. The molecule has 0 bridgehead atoms. The lowest BCUT2D eigenvalue weighted by atomic mass is 9.97. The number of hydrogen-bond acceptors (Lipinski definition) is 5. The molecule has 0 saturated carbocycles. The molecule has 1 aromatic heterocycles. The lowest BCUT2D eigenvalue weighted by Crippen LogP contribution is -2.12. The first kappa shape index (κ1) is 25.6. The highest BCUT2D eigenvalue weighted by Crippen LogP contribution is 2.27. The van der Waals surface area contributed by atoms with Crippen LogP contribution in [0.5, 0.6) is 11.5 Å². The van der Waals surface area contributed by atoms with E-state index in [0.29, 0.717) is 23.8 Å². The summed E-state index contributed by atoms with van der Waals surface area (Å²) in [5, 5.41) is 23.4. The third-order valence-electron chi connectivity index (χ3n) is 6.06. The zero-order valence-electron chi connectivity index (χ0n) is 21.5. The van der Waals surface area contributed by atoms with Crippen molar-refractivity contribution in [3.63, 3.8) is 0 Å². The van der Waals surface area contributed by atoms with Crippen LogP contribution in [0, 0.1) is 6.92 Å². The Balaban J connectivity index is 1.35. The minimum absolute atomic E-state index is 0.102. The number of ether oxygens (including phenoxy) is 1. The van der Waals surface area contributed by atoms with Gasteiger partial charge in [0.15, 0.2) is 11.5 Å². The van der Waals surface area contributed by atoms with Crippen LogP contribution >= 0.6 is 0 Å². The van der Waals surface area contributed by atoms with E-state index in [1.807, 2.05) is 48.6 Å². The van der Waals surface area contributed by atoms with Crippen LogP contribution in [0.2, 0.25) is 0 Å². The van der Waals surface area contributed by atoms with Gasteiger partial charge in [0.25, 0.3) is 5.91 Å². The molecule has 1 amide bonds. The first-order valence-corrected chi connectivity index (χ1v) is 12.2. The fourth-order valence-corrected chi connectivity index (χ4v) is 4.11. The van der Waals surface area contributed by atoms with Gasteiger partial charge in [-0.1, -0.05) is 38.1 Å². The van der Waals surface area contributed by atoms with Crippen LogP contribution in [0.4, 0.5) is 11.4 Å². The first-order chi connectivity index (χ1) is 17.8. The van der Waals surface area contributed by atoms with Crippen LogP contribution in [0.15, 0.2) is 66.7 Å². The van der Waals surface area contributed by atoms with Gasteiger partial charge in [-0.3, -0.25) is 9.89 Å². The molecule has 4 aromatic rings. The highest BCUT2D eigenvalue weighted by atomic mass is 16.5. The molecule has 3 aromatic carbocycles. The van der Waals surface area contributed by atoms with E-state index in [1.54, 1.807) is 24.3 Å². The van der Waals surface area contributed by atoms with E-state index < -0.39 is 0 Å². The molecule has 7 nitrogen and oxygen atoms in total. The van der Waals surface area contributed by atoms with E-state index in [-0.39, 0.29) is 11.7 Å². The number of benzene rings is 3. The number of amides is 1. The van der Waals surface area contributed by atoms with Gasteiger partial charge < -0.3 is 20.5 Å². The number of H-pyrrole nitrogens is 1. The van der Waals surface area contributed by atoms with Crippen LogP contribution in [0.3, 0.4) is 0 Å². The van der Waals surface area contributed by atoms with Gasteiger partial charge in [0.1, 0.15) is 0 Å². The van der Waals surface area contributed by atoms with Crippen molar-refractivity contribution in [3.05, 3.63) is 100 Å². The van der Waals surface area contributed by atoms with E-state index in [0.717, 1.165) is 28.3 Å². The molecule has 0 spiro atoms. The maximum absolute atomic E-state index is 12.8. The van der Waals surface area contributed by atoms with Crippen LogP contribution in [0.25, 0.3) is 12.2 Å². The number of phenolic OH excluding ortho intramolecular Hbond substituents is 1. The Morgan fingerprint density at radius 3 is 2.65 bits per heavy atom. The van der Waals surface area contributed by atoms with Crippen LogP contribution in [0.1, 0.15) is 58.2 Å². The Labute approximate surface area is 217 Å². The number of nitrogens with one attached hydrogen (secondary N) is 3. The van der Waals surface area contributed by atoms with Crippen molar-refractivity contribution in [1.29, 1.82) is 0 Å². The maximum Gasteiger partial charge on any atom is 0.255 e. The van der Waals surface area contributed by atoms with Crippen molar-refractivity contribution in [2.45, 2.75) is 33.2 Å². The Bertz CT molecular complexity index is 1420. The molecule has 1 heterocycles. The van der Waals surface area contributed by atoms with E-state index >= 15 is 0 Å². The number of carbonyl (C=O) groups is 1. The number of aromatic nitrogens is 2. The normalized spacial score (nSPS) is 11.2. The molecule has 4 rings (SSSR count). The van der Waals surface area contributed by atoms with E-state index in [4.69, 9.17) is 4.74 Å². The standard InChI is InChI=1S/C30H32N4O3/c1-19(2)27-12-11-24(14-20(27)3)32-30(36)22-6-5-7-23(16-22)31-18-26-17-25(33-34-26)10-8-21-9-13-28(35)29(15-21)37-4/h5-17,19,31,35H,18H2,1-4H3,(H,32,36)(H,33,34). The zero-order chi connectivity index (χ0) is 26.4. The van der Waals surface area contributed by atoms with Gasteiger partial charge in [-0.25, -0.2) is 0 Å². The predicted octanol–water partition coefficient (Wildman–Crippen LogP) is 6.59. The summed E-state index contributed by atoms with van der Waals surface area (Å²) in [6, 6.07) is 20.5. The number of anilines is 2. The fourth-order valence-electron chi connectivity index (χ4n) is 4.11. The molecule has 0 unspecified atom stereocenters. The second-order valence-corrected chi connectivity index (χ2v) is 9.20. The summed E-state index contributed by atoms with van der Waals surface area (Å²) in [4.78, 5) is 12.8. The van der Waals surface area contributed by atoms with Crippen molar-refractivity contribution in [3.8, 4) is 11.5 Å². The van der Waals surface area contributed by atoms with Gasteiger partial charge in [0.05, 0.1) is 25.0 Å². The van der Waals surface area contributed by atoms with Gasteiger partial charge in [-0.2, -0.15) is 5.10 Å². The Hall–Kier alpha value is -4.52. The molecule has 0 aliphatic rings. The number of aryl methyl sites for hydroxylation is 1. The Morgan fingerprint density at radius 2 is 1.89 bits per heavy atom. The topological polar surface area (TPSA) is 99.3 Å². The van der Waals surface area contributed by atoms with Crippen molar-refractivity contribution in [1.82, 2.24) is 10.2 Å². The number of aromatic amines is 1. The smallest absolute Gasteiger partial charge is 0.255 e. The minimum atomic E-state index is -0.153. The number of rotatable bonds is 9. The van der Waals surface area contributed by atoms with E-state index in [1.165, 1.54) is 18.2 Å². The number of hydrogen-bond donors (Lipinski definition) is 4. The second-order valence-electron chi connectivity index (χ2n) is 9.20. The van der Waals surface area contributed by atoms with Crippen LogP contribution < -0.4 is 15.4 Å². The maximum atomic E-state index is 12.8. The largest absolute Gasteiger partial charge is 0.504 e. The Kier molecular flexibility index (Phi) is 7.93. The summed E-state index contributed by atoms with van der Waals surface area (Å²) >= 11 is 0. The first-order valence-electron chi connectivity index (χ1n) is 12.2. The lowest BCUT2D eigenvalue weighted by Gasteiger charge is -2.13. The molecule has 0 fully saturated rings. The fraction of sp³-hybridized carbons (Fsp3) is 0.200. The van der Waals surface area contributed by atoms with Gasteiger partial charge in [0, 0.05) is 16.9 Å². The number of phenols is 1. The van der Waals surface area contributed by atoms with Gasteiger partial charge >= 0.3 is 0 Å². The molecule has 0 aliphatic heterocycles. The summed E-state index contributed by atoms with van der Waals surface area (Å²) < 4.78 is 5.15. The molecule has 0 saturated heterocycles. The van der Waals surface area contributed by atoms with Crippen molar-refractivity contribution in [2.24, 2.45) is 0 Å². The molecule has 190 valence electrons. The number of nitrogens with zero attached hydrogens (tertiary/aromatic N) is 1. The zero-order valence-corrected chi connectivity index (χ0v) is 21.5. The minimum Gasteiger partial charge on any atom is -0.504 e. The number of methoxy groups -OCH3 is 1. The highest BCUT2D eigenvalue weighted by molar-refractivity contribution is 6.04. The van der Waals surface area contributed by atoms with Crippen molar-refractivity contribution < 1.29 is 14.6 Å². The molecular weight excluding hydrogens is 464 g/mol. The lowest BCUT2D eigenvalue weighted by molar-refractivity contribution is 0.102. The molecule has 4 N–H and O–H groups in total. The second kappa shape index (κ2) is 11.5. The van der Waals surface area contributed by atoms with Gasteiger partial charge in [0.2, 0.25) is 0 Å². The van der Waals surface area contributed by atoms with Crippen LogP contribution in [-0.2, 0) is 6.54 Å². The molecule has 0 aliphatic carbocycles. The molecule has 0 radical (unpaired) electrons. The third kappa shape index (κ3) is 6.58. The van der Waals surface area contributed by atoms with Crippen LogP contribution in [-0.4, -0.2) is 28.3 Å². The highest BCUT2D eigenvalue weighted by Gasteiger charge is 2.10. The average molecular weight is 497 g/mol. The van der Waals surface area contributed by atoms with Gasteiger partial charge in [-0.05, 0) is 84.1 Å². The monoisotopic (exact) mass is 496 g/mol. The van der Waals surface area contributed by atoms with Gasteiger partial charge in [-0.15, -0.1) is 0 Å². The number of aromatic hydroxyl groups is 1. The van der Waals surface area contributed by atoms with E-state index in [9.17, 15) is 9.90 Å². The third-order valence-corrected chi connectivity index (χ3v) is 6.06. The molecule has 37 heavy (non-hydrogen) atoms. The van der Waals surface area contributed by atoms with Crippen molar-refractivity contribution in [2.75, 3.05) is 17.7 Å². The summed E-state index contributed by atoms with van der Waals surface area (Å²) in [6.07, 6.45) is 3.78. The predicted molar refractivity (Wildman–Crippen MR) is 149 cm³/mol. The quantitative estimate of drug-likeness (QED) is 0.209. The summed E-state index contributed by atoms with van der Waals surface area (Å²) in [7, 11) is 1.52.